The Morgan fingerprint density at radius 2 is 0.600 bits per heavy atom. The number of rotatable bonds is 5. The predicted octanol–water partition coefficient (Wildman–Crippen LogP) is 6.84. The molecule has 0 heteroatoms. The molecule has 0 aromatic carbocycles. The molecule has 0 aliphatic rings. The average Bonchev–Trinajstić information content (AvgIpc) is 2.33. The monoisotopic (exact) mass is 218 g/mol. The van der Waals surface area contributed by atoms with Crippen molar-refractivity contribution in [1.29, 1.82) is 0 Å². The summed E-state index contributed by atoms with van der Waals surface area (Å²) in [6.07, 6.45) is 9.61. The highest BCUT2D eigenvalue weighted by molar-refractivity contribution is 4.31. The van der Waals surface area contributed by atoms with Gasteiger partial charge in [-0.05, 0) is 0 Å². The summed E-state index contributed by atoms with van der Waals surface area (Å²) in [7, 11) is 0. The molecular weight excluding hydrogens is 180 g/mol. The fraction of sp³-hybridized carbons (Fsp3) is 1.00. The Labute approximate surface area is 101 Å². The minimum absolute atomic E-state index is 1.34. The van der Waals surface area contributed by atoms with Crippen molar-refractivity contribution in [3.63, 3.8) is 0 Å². The molecule has 0 rings (SSSR count). The minimum atomic E-state index is 1.34. The van der Waals surface area contributed by atoms with E-state index in [1.807, 2.05) is 27.7 Å². The second-order valence-corrected chi connectivity index (χ2v) is 3.06. The summed E-state index contributed by atoms with van der Waals surface area (Å²) < 4.78 is 0. The summed E-state index contributed by atoms with van der Waals surface area (Å²) in [5, 5.41) is 0. The Morgan fingerprint density at radius 1 is 0.400 bits per heavy atom. The Hall–Kier alpha value is 0. The van der Waals surface area contributed by atoms with Crippen LogP contribution in [0.3, 0.4) is 0 Å². The summed E-state index contributed by atoms with van der Waals surface area (Å²) in [6.45, 7) is 16.9. The topological polar surface area (TPSA) is 0 Å². The highest BCUT2D eigenvalue weighted by Crippen LogP contribution is 1.95. The normalized spacial score (nSPS) is 7.20. The zero-order chi connectivity index (χ0) is 12.9. The third-order valence-corrected chi connectivity index (χ3v) is 1.66. The third kappa shape index (κ3) is 80.6. The lowest BCUT2D eigenvalue weighted by atomic mass is 10.2. The van der Waals surface area contributed by atoms with Crippen molar-refractivity contribution in [2.24, 2.45) is 0 Å². The van der Waals surface area contributed by atoms with Crippen LogP contribution >= 0.6 is 0 Å². The molecule has 0 saturated carbocycles. The summed E-state index contributed by atoms with van der Waals surface area (Å²) >= 11 is 0. The van der Waals surface area contributed by atoms with Crippen molar-refractivity contribution >= 4 is 0 Å². The van der Waals surface area contributed by atoms with Gasteiger partial charge in [-0.1, -0.05) is 100 Å². The predicted molar refractivity (Wildman–Crippen MR) is 77.7 cm³/mol. The first kappa shape index (κ1) is 24.3. The van der Waals surface area contributed by atoms with Crippen LogP contribution in [0, 0.1) is 0 Å². The van der Waals surface area contributed by atoms with Crippen LogP contribution in [-0.4, -0.2) is 0 Å². The van der Waals surface area contributed by atoms with Gasteiger partial charge >= 0.3 is 0 Å². The maximum Gasteiger partial charge on any atom is -0.0536 e. The zero-order valence-corrected chi connectivity index (χ0v) is 12.9. The molecule has 0 aliphatic heterocycles. The standard InChI is InChI=1S/C6H14.C5H12.2C2H6/c1-3-5-6-4-2;1-3-5-4-2;2*1-2/h3-6H2,1-2H3;3-5H2,1-2H3;2*1-2H3. The van der Waals surface area contributed by atoms with E-state index in [1.54, 1.807) is 0 Å². The zero-order valence-electron chi connectivity index (χ0n) is 12.9. The average molecular weight is 218 g/mol. The van der Waals surface area contributed by atoms with Gasteiger partial charge in [-0.2, -0.15) is 0 Å². The van der Waals surface area contributed by atoms with E-state index in [9.17, 15) is 0 Å². The molecule has 0 aliphatic carbocycles. The van der Waals surface area contributed by atoms with E-state index in [0.29, 0.717) is 0 Å². The van der Waals surface area contributed by atoms with Gasteiger partial charge in [0.25, 0.3) is 0 Å². The van der Waals surface area contributed by atoms with Gasteiger partial charge in [0.2, 0.25) is 0 Å². The molecule has 0 bridgehead atoms. The third-order valence-electron chi connectivity index (χ3n) is 1.66. The van der Waals surface area contributed by atoms with Gasteiger partial charge in [0, 0.05) is 0 Å². The first-order valence-electron chi connectivity index (χ1n) is 7.33. The summed E-state index contributed by atoms with van der Waals surface area (Å²) in [4.78, 5) is 0. The van der Waals surface area contributed by atoms with Crippen LogP contribution in [0.1, 0.15) is 100 Å². The van der Waals surface area contributed by atoms with Gasteiger partial charge in [0.05, 0.1) is 0 Å². The van der Waals surface area contributed by atoms with Crippen LogP contribution in [0.15, 0.2) is 0 Å². The second-order valence-electron chi connectivity index (χ2n) is 3.06. The van der Waals surface area contributed by atoms with E-state index >= 15 is 0 Å². The number of unbranched alkanes of at least 4 members (excludes halogenated alkanes) is 5. The van der Waals surface area contributed by atoms with Gasteiger partial charge in [-0.3, -0.25) is 0 Å². The first-order valence-corrected chi connectivity index (χ1v) is 7.33. The van der Waals surface area contributed by atoms with E-state index in [4.69, 9.17) is 0 Å². The second kappa shape index (κ2) is 48.3. The highest BCUT2D eigenvalue weighted by Gasteiger charge is 1.75. The summed E-state index contributed by atoms with van der Waals surface area (Å²) in [6, 6.07) is 0. The molecule has 0 spiro atoms. The van der Waals surface area contributed by atoms with Gasteiger partial charge in [-0.15, -0.1) is 0 Å². The Kier molecular flexibility index (Phi) is 78.2. The van der Waals surface area contributed by atoms with Crippen LogP contribution in [0.4, 0.5) is 0 Å². The number of hydrogen-bond acceptors (Lipinski definition) is 0. The van der Waals surface area contributed by atoms with Crippen molar-refractivity contribution in [3.8, 4) is 0 Å². The number of hydrogen-bond donors (Lipinski definition) is 0. The lowest BCUT2D eigenvalue weighted by Gasteiger charge is -1.86. The molecule has 0 atom stereocenters. The summed E-state index contributed by atoms with van der Waals surface area (Å²) in [5.41, 5.74) is 0. The molecule has 0 radical (unpaired) electrons. The van der Waals surface area contributed by atoms with Crippen molar-refractivity contribution in [1.82, 2.24) is 0 Å². The van der Waals surface area contributed by atoms with Crippen LogP contribution in [0.2, 0.25) is 0 Å². The van der Waals surface area contributed by atoms with Gasteiger partial charge in [0.1, 0.15) is 0 Å². The Balaban J connectivity index is -0.0000000610. The smallest absolute Gasteiger partial charge is 0.0536 e. The molecule has 0 saturated heterocycles. The van der Waals surface area contributed by atoms with Crippen LogP contribution < -0.4 is 0 Å². The maximum atomic E-state index is 2.23. The molecule has 15 heavy (non-hydrogen) atoms. The molecule has 98 valence electrons. The molecule has 0 aromatic heterocycles. The fourth-order valence-corrected chi connectivity index (χ4v) is 0.854. The quantitative estimate of drug-likeness (QED) is 0.443. The van der Waals surface area contributed by atoms with Gasteiger partial charge in [-0.25, -0.2) is 0 Å². The van der Waals surface area contributed by atoms with Crippen molar-refractivity contribution in [3.05, 3.63) is 0 Å². The fourth-order valence-electron chi connectivity index (χ4n) is 0.854. The van der Waals surface area contributed by atoms with Crippen LogP contribution in [0.25, 0.3) is 0 Å². The molecule has 0 heterocycles. The lowest BCUT2D eigenvalue weighted by molar-refractivity contribution is 0.702. The van der Waals surface area contributed by atoms with Crippen molar-refractivity contribution < 1.29 is 0 Å². The Morgan fingerprint density at radius 3 is 0.667 bits per heavy atom. The highest BCUT2D eigenvalue weighted by atomic mass is 13.8. The molecule has 0 amide bonds. The molecule has 0 N–H and O–H groups in total. The van der Waals surface area contributed by atoms with E-state index in [0.717, 1.165) is 0 Å². The molecule has 0 fully saturated rings. The van der Waals surface area contributed by atoms with E-state index < -0.39 is 0 Å². The molecule has 0 aromatic rings. The van der Waals surface area contributed by atoms with Crippen LogP contribution in [-0.2, 0) is 0 Å². The maximum absolute atomic E-state index is 2.23. The van der Waals surface area contributed by atoms with Crippen molar-refractivity contribution in [2.45, 2.75) is 100 Å². The van der Waals surface area contributed by atoms with Gasteiger partial charge in [0.15, 0.2) is 0 Å². The largest absolute Gasteiger partial charge is 0.0683 e. The van der Waals surface area contributed by atoms with E-state index in [1.165, 1.54) is 44.9 Å². The van der Waals surface area contributed by atoms with E-state index in [-0.39, 0.29) is 0 Å². The van der Waals surface area contributed by atoms with E-state index in [2.05, 4.69) is 27.7 Å². The molecule has 0 nitrogen and oxygen atoms in total. The summed E-state index contributed by atoms with van der Waals surface area (Å²) in [5.74, 6) is 0. The first-order chi connectivity index (χ1) is 7.33. The van der Waals surface area contributed by atoms with Gasteiger partial charge < -0.3 is 0 Å². The molecule has 0 unspecified atom stereocenters. The Bertz CT molecular complexity index is 33.3. The minimum Gasteiger partial charge on any atom is -0.0683 e. The van der Waals surface area contributed by atoms with Crippen LogP contribution in [0.5, 0.6) is 0 Å². The SMILES string of the molecule is CC.CC.CCCCC.CCCCCC. The molecular formula is C15H38. The lowest BCUT2D eigenvalue weighted by Crippen LogP contribution is -1.66. The van der Waals surface area contributed by atoms with Crippen molar-refractivity contribution in [2.75, 3.05) is 0 Å².